The molecule has 2 N–H and O–H groups in total. The molecule has 0 heterocycles. The molecule has 4 nitrogen and oxygen atoms in total. The van der Waals surface area contributed by atoms with Crippen LogP contribution in [0.4, 0.5) is 5.69 Å². The highest BCUT2D eigenvalue weighted by Crippen LogP contribution is 2.18. The number of carbonyl (C=O) groups is 2. The lowest BCUT2D eigenvalue weighted by Gasteiger charge is -2.03. The maximum Gasteiger partial charge on any atom is 0.328 e. The Morgan fingerprint density at radius 3 is 2.44 bits per heavy atom. The van der Waals surface area contributed by atoms with E-state index in [2.05, 4.69) is 5.32 Å². The van der Waals surface area contributed by atoms with Crippen molar-refractivity contribution in [3.05, 3.63) is 54.6 Å². The molecule has 2 aromatic rings. The van der Waals surface area contributed by atoms with Gasteiger partial charge in [0.1, 0.15) is 0 Å². The van der Waals surface area contributed by atoms with Gasteiger partial charge in [-0.15, -0.1) is 0 Å². The molecule has 0 saturated heterocycles. The van der Waals surface area contributed by atoms with Crippen LogP contribution in [0.5, 0.6) is 0 Å². The largest absolute Gasteiger partial charge is 0.478 e. The minimum absolute atomic E-state index is 0.465. The van der Waals surface area contributed by atoms with Crippen molar-refractivity contribution in [2.75, 3.05) is 5.32 Å². The van der Waals surface area contributed by atoms with Gasteiger partial charge in [-0.3, -0.25) is 4.79 Å². The van der Waals surface area contributed by atoms with Gasteiger partial charge in [-0.25, -0.2) is 4.79 Å². The van der Waals surface area contributed by atoms with Gasteiger partial charge in [0.05, 0.1) is 0 Å². The minimum atomic E-state index is -1.15. The number of rotatable bonds is 3. The number of fused-ring (bicyclic) bond motifs is 1. The average molecular weight is 241 g/mol. The third-order valence-corrected chi connectivity index (χ3v) is 2.39. The monoisotopic (exact) mass is 241 g/mol. The van der Waals surface area contributed by atoms with Crippen LogP contribution >= 0.6 is 0 Å². The van der Waals surface area contributed by atoms with Crippen molar-refractivity contribution in [2.24, 2.45) is 0 Å². The molecule has 0 radical (unpaired) electrons. The smallest absolute Gasteiger partial charge is 0.328 e. The Hall–Kier alpha value is -2.62. The normalized spacial score (nSPS) is 10.7. The van der Waals surface area contributed by atoms with Gasteiger partial charge < -0.3 is 10.4 Å². The topological polar surface area (TPSA) is 66.4 Å². The van der Waals surface area contributed by atoms with E-state index in [1.165, 1.54) is 0 Å². The Bertz CT molecular complexity index is 632. The fourth-order valence-electron chi connectivity index (χ4n) is 1.60. The van der Waals surface area contributed by atoms with Crippen molar-refractivity contribution in [3.8, 4) is 0 Å². The fourth-order valence-corrected chi connectivity index (χ4v) is 1.60. The molecule has 0 unspecified atom stereocenters. The first-order chi connectivity index (χ1) is 8.65. The molecule has 90 valence electrons. The zero-order valence-corrected chi connectivity index (χ0v) is 9.46. The summed E-state index contributed by atoms with van der Waals surface area (Å²) in [5, 5.41) is 13.1. The molecule has 4 heteroatoms. The molecule has 0 spiro atoms. The molecule has 0 aliphatic carbocycles. The third-order valence-electron chi connectivity index (χ3n) is 2.39. The summed E-state index contributed by atoms with van der Waals surface area (Å²) in [6.45, 7) is 0. The number of carboxylic acids is 1. The van der Waals surface area contributed by atoms with Crippen molar-refractivity contribution in [1.29, 1.82) is 0 Å². The van der Waals surface area contributed by atoms with Crippen LogP contribution < -0.4 is 5.32 Å². The van der Waals surface area contributed by atoms with Crippen LogP contribution in [0, 0.1) is 0 Å². The first-order valence-electron chi connectivity index (χ1n) is 5.36. The summed E-state index contributed by atoms with van der Waals surface area (Å²) in [6.07, 6.45) is 1.79. The number of hydrogen-bond acceptors (Lipinski definition) is 2. The second kappa shape index (κ2) is 5.14. The van der Waals surface area contributed by atoms with E-state index < -0.39 is 11.9 Å². The molecular weight excluding hydrogens is 230 g/mol. The number of benzene rings is 2. The van der Waals surface area contributed by atoms with Crippen LogP contribution in [0.25, 0.3) is 10.8 Å². The summed E-state index contributed by atoms with van der Waals surface area (Å²) in [4.78, 5) is 21.7. The Labute approximate surface area is 104 Å². The van der Waals surface area contributed by atoms with E-state index in [9.17, 15) is 9.59 Å². The standard InChI is InChI=1S/C14H11NO3/c16-13(7-8-14(17)18)15-12-6-5-10-3-1-2-4-11(10)9-12/h1-9H,(H,15,16)(H,17,18)/b8-7+. The Balaban J connectivity index is 2.17. The van der Waals surface area contributed by atoms with Gasteiger partial charge in [-0.1, -0.05) is 30.3 Å². The first kappa shape index (κ1) is 11.9. The van der Waals surface area contributed by atoms with Crippen LogP contribution in [0.1, 0.15) is 0 Å². The van der Waals surface area contributed by atoms with Crippen molar-refractivity contribution < 1.29 is 14.7 Å². The predicted octanol–water partition coefficient (Wildman–Crippen LogP) is 2.42. The van der Waals surface area contributed by atoms with Gasteiger partial charge in [-0.05, 0) is 22.9 Å². The predicted molar refractivity (Wildman–Crippen MR) is 69.4 cm³/mol. The lowest BCUT2D eigenvalue weighted by atomic mass is 10.1. The van der Waals surface area contributed by atoms with Crippen LogP contribution in [-0.4, -0.2) is 17.0 Å². The summed E-state index contributed by atoms with van der Waals surface area (Å²) >= 11 is 0. The Kier molecular flexibility index (Phi) is 3.38. The Morgan fingerprint density at radius 1 is 1.00 bits per heavy atom. The summed E-state index contributed by atoms with van der Waals surface area (Å²) in [6, 6.07) is 13.3. The molecule has 0 aliphatic rings. The van der Waals surface area contributed by atoms with Crippen molar-refractivity contribution in [1.82, 2.24) is 0 Å². The van der Waals surface area contributed by atoms with Crippen LogP contribution in [-0.2, 0) is 9.59 Å². The van der Waals surface area contributed by atoms with Crippen molar-refractivity contribution >= 4 is 28.3 Å². The van der Waals surface area contributed by atoms with E-state index in [0.717, 1.165) is 22.9 Å². The summed E-state index contributed by atoms with van der Waals surface area (Å²) < 4.78 is 0. The van der Waals surface area contributed by atoms with Crippen LogP contribution in [0.15, 0.2) is 54.6 Å². The van der Waals surface area contributed by atoms with Crippen molar-refractivity contribution in [3.63, 3.8) is 0 Å². The molecule has 2 rings (SSSR count). The summed E-state index contributed by atoms with van der Waals surface area (Å²) in [5.74, 6) is -1.61. The van der Waals surface area contributed by atoms with Gasteiger partial charge in [0, 0.05) is 17.8 Å². The fraction of sp³-hybridized carbons (Fsp3) is 0. The summed E-state index contributed by atoms with van der Waals surface area (Å²) in [7, 11) is 0. The second-order valence-corrected chi connectivity index (χ2v) is 3.72. The highest BCUT2D eigenvalue weighted by molar-refractivity contribution is 6.03. The quantitative estimate of drug-likeness (QED) is 0.811. The highest BCUT2D eigenvalue weighted by atomic mass is 16.4. The second-order valence-electron chi connectivity index (χ2n) is 3.72. The molecule has 0 bridgehead atoms. The van der Waals surface area contributed by atoms with Gasteiger partial charge in [-0.2, -0.15) is 0 Å². The van der Waals surface area contributed by atoms with Crippen LogP contribution in [0.3, 0.4) is 0 Å². The molecule has 0 atom stereocenters. The lowest BCUT2D eigenvalue weighted by molar-refractivity contribution is -0.131. The molecule has 0 aromatic heterocycles. The van der Waals surface area contributed by atoms with E-state index >= 15 is 0 Å². The molecule has 2 aromatic carbocycles. The maximum absolute atomic E-state index is 11.4. The number of anilines is 1. The minimum Gasteiger partial charge on any atom is -0.478 e. The Morgan fingerprint density at radius 2 is 1.72 bits per heavy atom. The molecule has 0 aliphatic heterocycles. The van der Waals surface area contributed by atoms with Gasteiger partial charge in [0.15, 0.2) is 0 Å². The number of carboxylic acid groups (broad SMARTS) is 1. The van der Waals surface area contributed by atoms with Gasteiger partial charge in [0.2, 0.25) is 5.91 Å². The highest BCUT2D eigenvalue weighted by Gasteiger charge is 2.00. The zero-order valence-electron chi connectivity index (χ0n) is 9.46. The number of amides is 1. The van der Waals surface area contributed by atoms with Gasteiger partial charge in [0.25, 0.3) is 0 Å². The molecule has 0 fully saturated rings. The SMILES string of the molecule is O=C(O)/C=C/C(=O)Nc1ccc2ccccc2c1. The first-order valence-corrected chi connectivity index (χ1v) is 5.36. The van der Waals surface area contributed by atoms with Gasteiger partial charge >= 0.3 is 5.97 Å². The number of hydrogen-bond donors (Lipinski definition) is 2. The number of carbonyl (C=O) groups excluding carboxylic acids is 1. The molecule has 18 heavy (non-hydrogen) atoms. The third kappa shape index (κ3) is 2.95. The van der Waals surface area contributed by atoms with E-state index in [1.807, 2.05) is 36.4 Å². The molecular formula is C14H11NO3. The lowest BCUT2D eigenvalue weighted by Crippen LogP contribution is -2.08. The number of nitrogens with one attached hydrogen (secondary N) is 1. The zero-order chi connectivity index (χ0) is 13.0. The molecule has 0 saturated carbocycles. The van der Waals surface area contributed by atoms with E-state index in [-0.39, 0.29) is 0 Å². The van der Waals surface area contributed by atoms with Crippen LogP contribution in [0.2, 0.25) is 0 Å². The van der Waals surface area contributed by atoms with Crippen molar-refractivity contribution in [2.45, 2.75) is 0 Å². The molecule has 1 amide bonds. The summed E-state index contributed by atoms with van der Waals surface area (Å²) in [5.41, 5.74) is 0.633. The number of aliphatic carboxylic acids is 1. The van der Waals surface area contributed by atoms with E-state index in [1.54, 1.807) is 6.07 Å². The average Bonchev–Trinajstić information content (AvgIpc) is 2.36. The van der Waals surface area contributed by atoms with E-state index in [0.29, 0.717) is 5.69 Å². The van der Waals surface area contributed by atoms with E-state index in [4.69, 9.17) is 5.11 Å². The maximum atomic E-state index is 11.4.